The molecular weight excluding hydrogens is 562 g/mol. The van der Waals surface area contributed by atoms with Crippen LogP contribution in [-0.2, 0) is 9.84 Å². The van der Waals surface area contributed by atoms with Crippen LogP contribution in [0.3, 0.4) is 0 Å². The van der Waals surface area contributed by atoms with E-state index in [4.69, 9.17) is 9.97 Å². The van der Waals surface area contributed by atoms with Crippen molar-refractivity contribution < 1.29 is 13.5 Å². The third kappa shape index (κ3) is 7.59. The quantitative estimate of drug-likeness (QED) is 0.113. The van der Waals surface area contributed by atoms with E-state index in [-0.39, 0.29) is 11.4 Å². The zero-order valence-electron chi connectivity index (χ0n) is 23.6. The molecule has 0 fully saturated rings. The highest BCUT2D eigenvalue weighted by molar-refractivity contribution is 7.90. The number of nitrogens with zero attached hydrogens (tertiary/aromatic N) is 4. The molecule has 0 bridgehead atoms. The number of rotatable bonds is 11. The second kappa shape index (κ2) is 13.2. The molecule has 0 aliphatic heterocycles. The number of sulfone groups is 1. The smallest absolute Gasteiger partial charge is 0.231 e. The van der Waals surface area contributed by atoms with Crippen molar-refractivity contribution in [3.63, 3.8) is 0 Å². The predicted octanol–water partition coefficient (Wildman–Crippen LogP) is 5.67. The van der Waals surface area contributed by atoms with Gasteiger partial charge in [-0.1, -0.05) is 60.7 Å². The fourth-order valence-electron chi connectivity index (χ4n) is 4.30. The van der Waals surface area contributed by atoms with E-state index >= 15 is 0 Å². The van der Waals surface area contributed by atoms with Crippen molar-refractivity contribution in [2.75, 3.05) is 28.9 Å². The van der Waals surface area contributed by atoms with Crippen molar-refractivity contribution in [1.29, 1.82) is 0 Å². The number of hydrogen-bond acceptors (Lipinski definition) is 10. The van der Waals surface area contributed by atoms with Gasteiger partial charge in [-0.3, -0.25) is 10.4 Å². The van der Waals surface area contributed by atoms with E-state index in [1.807, 2.05) is 67.6 Å². The molecule has 5 rings (SSSR count). The molecule has 1 unspecified atom stereocenters. The highest BCUT2D eigenvalue weighted by Gasteiger charge is 2.19. The SMILES string of the molecule is CC(=NNc1nc(Nc2ccccc2)nc(NCC(O)c2ccncc2)c1-c1ccccc1)c1ccc(S(C)(=O)=O)cc1. The molecule has 0 amide bonds. The Morgan fingerprint density at radius 2 is 1.49 bits per heavy atom. The predicted molar refractivity (Wildman–Crippen MR) is 170 cm³/mol. The molecule has 43 heavy (non-hydrogen) atoms. The average molecular weight is 594 g/mol. The van der Waals surface area contributed by atoms with Crippen LogP contribution >= 0.6 is 0 Å². The number of nitrogens with one attached hydrogen (secondary N) is 3. The Hall–Kier alpha value is -5.13. The van der Waals surface area contributed by atoms with Crippen molar-refractivity contribution in [1.82, 2.24) is 15.0 Å². The Kier molecular flexibility index (Phi) is 9.04. The Bertz CT molecular complexity index is 1800. The van der Waals surface area contributed by atoms with Crippen molar-refractivity contribution in [3.8, 4) is 11.1 Å². The Morgan fingerprint density at radius 1 is 0.860 bits per heavy atom. The molecule has 5 aromatic rings. The van der Waals surface area contributed by atoms with Crippen LogP contribution in [0.15, 0.2) is 119 Å². The number of aliphatic hydroxyl groups excluding tert-OH is 1. The number of para-hydroxylation sites is 1. The van der Waals surface area contributed by atoms with Gasteiger partial charge in [0.1, 0.15) is 5.82 Å². The van der Waals surface area contributed by atoms with Crippen molar-refractivity contribution in [2.24, 2.45) is 5.10 Å². The molecule has 1 atom stereocenters. The number of hydrogen-bond donors (Lipinski definition) is 4. The molecule has 0 aliphatic rings. The summed E-state index contributed by atoms with van der Waals surface area (Å²) in [6, 6.07) is 29.3. The Morgan fingerprint density at radius 3 is 2.14 bits per heavy atom. The first-order chi connectivity index (χ1) is 20.8. The summed E-state index contributed by atoms with van der Waals surface area (Å²) in [5, 5.41) is 22.0. The summed E-state index contributed by atoms with van der Waals surface area (Å²) < 4.78 is 23.8. The number of benzene rings is 3. The van der Waals surface area contributed by atoms with E-state index in [1.165, 1.54) is 6.26 Å². The lowest BCUT2D eigenvalue weighted by Crippen LogP contribution is -2.15. The van der Waals surface area contributed by atoms with Crippen LogP contribution in [0.1, 0.15) is 24.2 Å². The van der Waals surface area contributed by atoms with Crippen molar-refractivity contribution in [3.05, 3.63) is 121 Å². The van der Waals surface area contributed by atoms with E-state index in [0.717, 1.165) is 22.4 Å². The maximum absolute atomic E-state index is 11.9. The highest BCUT2D eigenvalue weighted by atomic mass is 32.2. The molecule has 0 saturated carbocycles. The third-order valence-corrected chi connectivity index (χ3v) is 7.71. The minimum absolute atomic E-state index is 0.181. The second-order valence-electron chi connectivity index (χ2n) is 9.76. The lowest BCUT2D eigenvalue weighted by atomic mass is 10.1. The van der Waals surface area contributed by atoms with Crippen molar-refractivity contribution in [2.45, 2.75) is 17.9 Å². The van der Waals surface area contributed by atoms with Crippen LogP contribution in [0.5, 0.6) is 0 Å². The first-order valence-corrected chi connectivity index (χ1v) is 15.4. The van der Waals surface area contributed by atoms with Gasteiger partial charge in [-0.15, -0.1) is 0 Å². The number of aromatic nitrogens is 3. The van der Waals surface area contributed by atoms with E-state index in [2.05, 4.69) is 26.1 Å². The summed E-state index contributed by atoms with van der Waals surface area (Å²) in [6.07, 6.45) is 3.64. The van der Waals surface area contributed by atoms with Crippen LogP contribution < -0.4 is 16.1 Å². The van der Waals surface area contributed by atoms with E-state index < -0.39 is 15.9 Å². The average Bonchev–Trinajstić information content (AvgIpc) is 3.03. The van der Waals surface area contributed by atoms with E-state index in [0.29, 0.717) is 28.9 Å². The van der Waals surface area contributed by atoms with Gasteiger partial charge in [0.05, 0.1) is 22.3 Å². The summed E-state index contributed by atoms with van der Waals surface area (Å²) >= 11 is 0. The molecule has 11 heteroatoms. The fraction of sp³-hybridized carbons (Fsp3) is 0.125. The van der Waals surface area contributed by atoms with Gasteiger partial charge in [-0.05, 0) is 60.0 Å². The Labute approximate surface area is 250 Å². The lowest BCUT2D eigenvalue weighted by Gasteiger charge is -2.19. The minimum atomic E-state index is -3.31. The molecule has 2 aromatic heterocycles. The molecule has 0 radical (unpaired) electrons. The number of anilines is 4. The Balaban J connectivity index is 1.54. The van der Waals surface area contributed by atoms with Crippen LogP contribution in [0.4, 0.5) is 23.3 Å². The van der Waals surface area contributed by atoms with Gasteiger partial charge < -0.3 is 15.7 Å². The first kappa shape index (κ1) is 29.4. The number of hydrazone groups is 1. The van der Waals surface area contributed by atoms with Gasteiger partial charge in [0.25, 0.3) is 0 Å². The standard InChI is InChI=1S/C32H31N7O3S/c1-22(23-13-15-27(16-14-23)43(2,41)42)38-39-31-29(25-9-5-3-6-10-25)30(34-21-28(40)24-17-19-33-20-18-24)36-32(37-31)35-26-11-7-4-8-12-26/h3-20,28,40H,21H2,1-2H3,(H3,34,35,36,37,39). The zero-order valence-corrected chi connectivity index (χ0v) is 24.5. The molecule has 4 N–H and O–H groups in total. The summed E-state index contributed by atoms with van der Waals surface area (Å²) in [5.74, 6) is 1.23. The van der Waals surface area contributed by atoms with E-state index in [1.54, 1.807) is 48.8 Å². The number of aliphatic hydroxyl groups is 1. The van der Waals surface area contributed by atoms with Gasteiger partial charge in [0.15, 0.2) is 15.7 Å². The molecule has 0 aliphatic carbocycles. The molecule has 0 spiro atoms. The van der Waals surface area contributed by atoms with Crippen LogP contribution in [0, 0.1) is 0 Å². The maximum Gasteiger partial charge on any atom is 0.231 e. The van der Waals surface area contributed by atoms with Gasteiger partial charge >= 0.3 is 0 Å². The summed E-state index contributed by atoms with van der Waals surface area (Å²) in [7, 11) is -3.31. The third-order valence-electron chi connectivity index (χ3n) is 6.58. The number of pyridine rings is 1. The van der Waals surface area contributed by atoms with Crippen LogP contribution in [0.2, 0.25) is 0 Å². The fourth-order valence-corrected chi connectivity index (χ4v) is 4.93. The minimum Gasteiger partial charge on any atom is -0.387 e. The monoisotopic (exact) mass is 593 g/mol. The van der Waals surface area contributed by atoms with Crippen LogP contribution in [-0.4, -0.2) is 47.0 Å². The molecular formula is C32H31N7O3S. The first-order valence-electron chi connectivity index (χ1n) is 13.5. The largest absolute Gasteiger partial charge is 0.387 e. The molecule has 3 aromatic carbocycles. The molecule has 2 heterocycles. The van der Waals surface area contributed by atoms with Gasteiger partial charge in [0.2, 0.25) is 5.95 Å². The van der Waals surface area contributed by atoms with E-state index in [9.17, 15) is 13.5 Å². The molecule has 218 valence electrons. The highest BCUT2D eigenvalue weighted by Crippen LogP contribution is 2.35. The maximum atomic E-state index is 11.9. The lowest BCUT2D eigenvalue weighted by molar-refractivity contribution is 0.191. The normalized spacial score (nSPS) is 12.4. The second-order valence-corrected chi connectivity index (χ2v) is 11.8. The topological polar surface area (TPSA) is 141 Å². The van der Waals surface area contributed by atoms with Crippen LogP contribution in [0.25, 0.3) is 11.1 Å². The summed E-state index contributed by atoms with van der Waals surface area (Å²) in [4.78, 5) is 13.8. The van der Waals surface area contributed by atoms with Gasteiger partial charge in [0, 0.05) is 30.9 Å². The molecule has 0 saturated heterocycles. The summed E-state index contributed by atoms with van der Waals surface area (Å²) in [5.41, 5.74) is 7.50. The summed E-state index contributed by atoms with van der Waals surface area (Å²) in [6.45, 7) is 2.00. The van der Waals surface area contributed by atoms with Crippen molar-refractivity contribution >= 4 is 38.8 Å². The van der Waals surface area contributed by atoms with Gasteiger partial charge in [-0.25, -0.2) is 8.42 Å². The van der Waals surface area contributed by atoms with Gasteiger partial charge in [-0.2, -0.15) is 15.1 Å². The zero-order chi connectivity index (χ0) is 30.2. The molecule has 10 nitrogen and oxygen atoms in total.